The maximum Gasteiger partial charge on any atom is 0.282 e. The van der Waals surface area contributed by atoms with Gasteiger partial charge in [-0.2, -0.15) is 0 Å². The van der Waals surface area contributed by atoms with E-state index in [9.17, 15) is 4.79 Å². The van der Waals surface area contributed by atoms with Gasteiger partial charge in [0.2, 0.25) is 5.16 Å². The van der Waals surface area contributed by atoms with E-state index in [1.54, 1.807) is 33.6 Å². The summed E-state index contributed by atoms with van der Waals surface area (Å²) in [5.41, 5.74) is 0. The van der Waals surface area contributed by atoms with Gasteiger partial charge in [-0.15, -0.1) is 21.5 Å². The van der Waals surface area contributed by atoms with Crippen molar-refractivity contribution in [2.45, 2.75) is 11.8 Å². The van der Waals surface area contributed by atoms with Crippen molar-refractivity contribution in [3.8, 4) is 5.75 Å². The van der Waals surface area contributed by atoms with Crippen molar-refractivity contribution in [1.82, 2.24) is 14.9 Å². The Hall–Kier alpha value is -2.03. The molecule has 3 aromatic rings. The number of hydrogen-bond donors (Lipinski definition) is 0. The molecule has 0 atom stereocenters. The molecule has 25 heavy (non-hydrogen) atoms. The third kappa shape index (κ3) is 3.24. The summed E-state index contributed by atoms with van der Waals surface area (Å²) in [5, 5.41) is 13.1. The molecular weight excluding hydrogens is 380 g/mol. The minimum atomic E-state index is -0.0599. The Morgan fingerprint density at radius 3 is 2.92 bits per heavy atom. The molecule has 0 radical (unpaired) electrons. The Labute approximate surface area is 157 Å². The summed E-state index contributed by atoms with van der Waals surface area (Å²) in [6.07, 6.45) is 0. The van der Waals surface area contributed by atoms with Crippen molar-refractivity contribution in [3.05, 3.63) is 57.5 Å². The van der Waals surface area contributed by atoms with E-state index < -0.39 is 0 Å². The largest absolute Gasteiger partial charge is 0.484 e. The molecule has 0 bridgehead atoms. The first kappa shape index (κ1) is 16.4. The van der Waals surface area contributed by atoms with Crippen LogP contribution in [0, 0.1) is 0 Å². The molecule has 4 rings (SSSR count). The molecule has 9 heteroatoms. The average molecular weight is 393 g/mol. The average Bonchev–Trinajstić information content (AvgIpc) is 3.30. The number of carbonyl (C=O) groups excluding carboxylic acids is 1. The van der Waals surface area contributed by atoms with Crippen LogP contribution in [0.1, 0.15) is 15.5 Å². The number of benzene rings is 1. The molecule has 128 valence electrons. The molecule has 0 saturated heterocycles. The Morgan fingerprint density at radius 1 is 1.24 bits per heavy atom. The van der Waals surface area contributed by atoms with Gasteiger partial charge in [-0.05, 0) is 23.6 Å². The van der Waals surface area contributed by atoms with Gasteiger partial charge in [0.15, 0.2) is 5.82 Å². The van der Waals surface area contributed by atoms with Crippen LogP contribution in [0.2, 0.25) is 5.02 Å². The number of aromatic nitrogens is 3. The van der Waals surface area contributed by atoms with Gasteiger partial charge in [-0.3, -0.25) is 4.79 Å². The van der Waals surface area contributed by atoms with E-state index in [1.807, 2.05) is 29.6 Å². The molecule has 0 fully saturated rings. The number of halogens is 1. The summed E-state index contributed by atoms with van der Waals surface area (Å²) in [6.45, 7) is 0.761. The molecule has 0 N–H and O–H groups in total. The highest BCUT2D eigenvalue weighted by molar-refractivity contribution is 7.99. The molecule has 3 heterocycles. The van der Waals surface area contributed by atoms with Crippen molar-refractivity contribution < 1.29 is 9.53 Å². The van der Waals surface area contributed by atoms with Gasteiger partial charge in [0.05, 0.1) is 16.4 Å². The zero-order valence-corrected chi connectivity index (χ0v) is 15.4. The molecule has 0 aliphatic carbocycles. The number of rotatable bonds is 4. The highest BCUT2D eigenvalue weighted by Gasteiger charge is 2.28. The molecule has 6 nitrogen and oxygen atoms in total. The van der Waals surface area contributed by atoms with Gasteiger partial charge >= 0.3 is 0 Å². The predicted molar refractivity (Wildman–Crippen MR) is 98.3 cm³/mol. The predicted octanol–water partition coefficient (Wildman–Crippen LogP) is 3.46. The third-order valence-electron chi connectivity index (χ3n) is 3.61. The van der Waals surface area contributed by atoms with E-state index in [-0.39, 0.29) is 12.5 Å². The smallest absolute Gasteiger partial charge is 0.282 e. The number of fused-ring (bicyclic) bond motifs is 1. The highest BCUT2D eigenvalue weighted by atomic mass is 35.5. The van der Waals surface area contributed by atoms with Gasteiger partial charge in [-0.1, -0.05) is 41.6 Å². The Bertz CT molecular complexity index is 897. The minimum absolute atomic E-state index is 0.0599. The van der Waals surface area contributed by atoms with E-state index in [2.05, 4.69) is 10.2 Å². The zero-order chi connectivity index (χ0) is 17.2. The van der Waals surface area contributed by atoms with Crippen molar-refractivity contribution in [2.75, 3.05) is 17.3 Å². The second-order valence-electron chi connectivity index (χ2n) is 5.18. The summed E-state index contributed by atoms with van der Waals surface area (Å²) in [4.78, 5) is 13.5. The quantitative estimate of drug-likeness (QED) is 0.680. The van der Waals surface area contributed by atoms with Crippen LogP contribution in [0.4, 0.5) is 0 Å². The lowest BCUT2D eigenvalue weighted by atomic mass is 10.3. The van der Waals surface area contributed by atoms with Crippen LogP contribution in [0.5, 0.6) is 5.75 Å². The first-order chi connectivity index (χ1) is 12.2. The van der Waals surface area contributed by atoms with Crippen molar-refractivity contribution in [3.63, 3.8) is 0 Å². The van der Waals surface area contributed by atoms with Crippen LogP contribution in [-0.4, -0.2) is 33.1 Å². The number of para-hydroxylation sites is 1. The molecule has 0 saturated carbocycles. The topological polar surface area (TPSA) is 60.3 Å². The number of hydrogen-bond acceptors (Lipinski definition) is 6. The highest BCUT2D eigenvalue weighted by Crippen LogP contribution is 2.27. The number of thioether (sulfide) groups is 1. The standard InChI is InChI=1S/C16H13ClN4O2S2/c17-11-4-1-2-5-12(11)23-10-14-18-19-16-21(14)20(7-9-25-16)15(22)13-6-3-8-24-13/h1-6,8H,7,9-10H2. The number of nitrogens with zero attached hydrogens (tertiary/aromatic N) is 4. The maximum atomic E-state index is 12.8. The molecule has 1 amide bonds. The Balaban J connectivity index is 1.60. The summed E-state index contributed by atoms with van der Waals surface area (Å²) in [6, 6.07) is 10.9. The number of ether oxygens (including phenoxy) is 1. The second-order valence-corrected chi connectivity index (χ2v) is 7.60. The second kappa shape index (κ2) is 7.07. The van der Waals surface area contributed by atoms with Crippen LogP contribution >= 0.6 is 34.7 Å². The summed E-state index contributed by atoms with van der Waals surface area (Å²) < 4.78 is 7.51. The van der Waals surface area contributed by atoms with Crippen LogP contribution in [0.15, 0.2) is 46.9 Å². The summed E-state index contributed by atoms with van der Waals surface area (Å²) in [5.74, 6) is 1.85. The molecule has 1 aliphatic rings. The normalized spacial score (nSPS) is 13.6. The lowest BCUT2D eigenvalue weighted by Gasteiger charge is -2.28. The fourth-order valence-electron chi connectivity index (χ4n) is 2.47. The van der Waals surface area contributed by atoms with Crippen LogP contribution < -0.4 is 9.75 Å². The summed E-state index contributed by atoms with van der Waals surface area (Å²) in [7, 11) is 0. The minimum Gasteiger partial charge on any atom is -0.484 e. The van der Waals surface area contributed by atoms with Gasteiger partial charge in [0.25, 0.3) is 5.91 Å². The van der Waals surface area contributed by atoms with E-state index in [4.69, 9.17) is 16.3 Å². The fourth-order valence-corrected chi connectivity index (χ4v) is 4.19. The molecule has 0 unspecified atom stereocenters. The first-order valence-corrected chi connectivity index (χ1v) is 9.78. The lowest BCUT2D eigenvalue weighted by molar-refractivity contribution is 0.0957. The fraction of sp³-hybridized carbons (Fsp3) is 0.188. The Kier molecular flexibility index (Phi) is 4.65. The summed E-state index contributed by atoms with van der Waals surface area (Å²) >= 11 is 9.11. The van der Waals surface area contributed by atoms with E-state index in [1.165, 1.54) is 11.3 Å². The van der Waals surface area contributed by atoms with Crippen molar-refractivity contribution in [1.29, 1.82) is 0 Å². The van der Waals surface area contributed by atoms with Crippen LogP contribution in [0.25, 0.3) is 0 Å². The van der Waals surface area contributed by atoms with Crippen LogP contribution in [-0.2, 0) is 6.61 Å². The van der Waals surface area contributed by atoms with Gasteiger partial charge in [-0.25, -0.2) is 9.69 Å². The van der Waals surface area contributed by atoms with Crippen LogP contribution in [0.3, 0.4) is 0 Å². The van der Waals surface area contributed by atoms with E-state index in [0.717, 1.165) is 5.75 Å². The number of thiophene rings is 1. The maximum absolute atomic E-state index is 12.8. The SMILES string of the molecule is O=C(c1cccs1)N1CCSc2nnc(COc3ccccc3Cl)n21. The van der Waals surface area contributed by atoms with Crippen molar-refractivity contribution >= 4 is 40.6 Å². The zero-order valence-electron chi connectivity index (χ0n) is 13.0. The molecule has 1 aromatic carbocycles. The van der Waals surface area contributed by atoms with Gasteiger partial charge in [0, 0.05) is 5.75 Å². The van der Waals surface area contributed by atoms with Gasteiger partial charge in [0.1, 0.15) is 12.4 Å². The van der Waals surface area contributed by atoms with E-state index in [0.29, 0.717) is 33.2 Å². The molecule has 2 aromatic heterocycles. The van der Waals surface area contributed by atoms with Crippen molar-refractivity contribution in [2.24, 2.45) is 0 Å². The Morgan fingerprint density at radius 2 is 2.12 bits per heavy atom. The number of carbonyl (C=O) groups is 1. The van der Waals surface area contributed by atoms with E-state index >= 15 is 0 Å². The first-order valence-electron chi connectivity index (χ1n) is 7.54. The van der Waals surface area contributed by atoms with Gasteiger partial charge < -0.3 is 4.74 Å². The monoisotopic (exact) mass is 392 g/mol. The lowest BCUT2D eigenvalue weighted by Crippen LogP contribution is -2.45. The molecule has 0 spiro atoms. The molecular formula is C16H13ClN4O2S2. The third-order valence-corrected chi connectivity index (χ3v) is 5.68. The molecule has 1 aliphatic heterocycles. The number of amides is 1.